The van der Waals surface area contributed by atoms with Crippen LogP contribution in [0.5, 0.6) is 11.5 Å². The molecule has 7 nitrogen and oxygen atoms in total. The Morgan fingerprint density at radius 2 is 1.61 bits per heavy atom. The van der Waals surface area contributed by atoms with Crippen molar-refractivity contribution in [2.24, 2.45) is 7.05 Å². The van der Waals surface area contributed by atoms with E-state index in [2.05, 4.69) is 24.1 Å². The highest BCUT2D eigenvalue weighted by molar-refractivity contribution is 6.07. The number of pyridine rings is 1. The number of nitrogens with one attached hydrogen (secondary N) is 1. The molecule has 0 aliphatic rings. The zero-order valence-electron chi connectivity index (χ0n) is 17.5. The summed E-state index contributed by atoms with van der Waals surface area (Å²) in [6, 6.07) is 3.31. The summed E-state index contributed by atoms with van der Waals surface area (Å²) >= 11 is 0. The highest BCUT2D eigenvalue weighted by Gasteiger charge is 2.17. The van der Waals surface area contributed by atoms with Crippen LogP contribution in [0.2, 0.25) is 0 Å². The Bertz CT molecular complexity index is 870. The van der Waals surface area contributed by atoms with Gasteiger partial charge < -0.3 is 24.3 Å². The van der Waals surface area contributed by atoms with Crippen LogP contribution in [-0.4, -0.2) is 55.8 Å². The molecule has 7 heteroatoms. The summed E-state index contributed by atoms with van der Waals surface area (Å²) in [6.07, 6.45) is 3.74. The van der Waals surface area contributed by atoms with E-state index >= 15 is 0 Å². The first-order chi connectivity index (χ1) is 13.5. The summed E-state index contributed by atoms with van der Waals surface area (Å²) in [4.78, 5) is 27.7. The number of ether oxygens (including phenoxy) is 2. The van der Waals surface area contributed by atoms with Gasteiger partial charge in [0.15, 0.2) is 11.5 Å². The fourth-order valence-corrected chi connectivity index (χ4v) is 3.36. The van der Waals surface area contributed by atoms with E-state index in [0.717, 1.165) is 32.5 Å². The van der Waals surface area contributed by atoms with E-state index in [0.29, 0.717) is 34.4 Å². The zero-order chi connectivity index (χ0) is 20.7. The molecule has 1 aromatic carbocycles. The van der Waals surface area contributed by atoms with Crippen molar-refractivity contribution >= 4 is 16.7 Å². The van der Waals surface area contributed by atoms with E-state index in [9.17, 15) is 9.59 Å². The molecule has 0 atom stereocenters. The highest BCUT2D eigenvalue weighted by Crippen LogP contribution is 2.32. The number of nitrogens with zero attached hydrogens (tertiary/aromatic N) is 2. The normalized spacial score (nSPS) is 11.1. The first-order valence-corrected chi connectivity index (χ1v) is 9.72. The largest absolute Gasteiger partial charge is 0.493 e. The number of hydrogen-bond donors (Lipinski definition) is 1. The molecule has 154 valence electrons. The smallest absolute Gasteiger partial charge is 0.258 e. The maximum Gasteiger partial charge on any atom is 0.258 e. The number of aromatic nitrogens is 1. The second-order valence-electron chi connectivity index (χ2n) is 6.81. The van der Waals surface area contributed by atoms with Gasteiger partial charge in [-0.2, -0.15) is 0 Å². The van der Waals surface area contributed by atoms with Crippen LogP contribution in [0.15, 0.2) is 23.1 Å². The molecule has 0 radical (unpaired) electrons. The monoisotopic (exact) mass is 389 g/mol. The fraction of sp³-hybridized carbons (Fsp3) is 0.524. The second-order valence-corrected chi connectivity index (χ2v) is 6.81. The molecule has 0 bridgehead atoms. The maximum absolute atomic E-state index is 12.9. The Labute approximate surface area is 166 Å². The molecule has 0 aliphatic heterocycles. The molecule has 0 unspecified atom stereocenters. The van der Waals surface area contributed by atoms with Crippen LogP contribution >= 0.6 is 0 Å². The number of aryl methyl sites for hydroxylation is 1. The Morgan fingerprint density at radius 3 is 2.14 bits per heavy atom. The van der Waals surface area contributed by atoms with Gasteiger partial charge in [-0.25, -0.2) is 0 Å². The van der Waals surface area contributed by atoms with Crippen molar-refractivity contribution in [1.82, 2.24) is 14.8 Å². The summed E-state index contributed by atoms with van der Waals surface area (Å²) in [5.41, 5.74) is 0.250. The molecule has 28 heavy (non-hydrogen) atoms. The summed E-state index contributed by atoms with van der Waals surface area (Å²) in [5.74, 6) is 0.731. The Balaban J connectivity index is 2.31. The molecule has 1 amide bonds. The van der Waals surface area contributed by atoms with Crippen molar-refractivity contribution in [1.29, 1.82) is 0 Å². The molecule has 0 saturated heterocycles. The number of benzene rings is 1. The van der Waals surface area contributed by atoms with Crippen LogP contribution < -0.4 is 20.3 Å². The lowest BCUT2D eigenvalue weighted by molar-refractivity contribution is 0.0949. The van der Waals surface area contributed by atoms with Crippen LogP contribution in [0, 0.1) is 0 Å². The van der Waals surface area contributed by atoms with Crippen LogP contribution in [0.25, 0.3) is 10.8 Å². The number of amides is 1. The van der Waals surface area contributed by atoms with Crippen LogP contribution in [0.1, 0.15) is 37.0 Å². The minimum atomic E-state index is -0.208. The number of carbonyl (C=O) groups excluding carboxylic acids is 1. The molecule has 0 saturated carbocycles. The Hall–Kier alpha value is -2.54. The fourth-order valence-electron chi connectivity index (χ4n) is 3.36. The van der Waals surface area contributed by atoms with Crippen LogP contribution in [0.3, 0.4) is 0 Å². The Morgan fingerprint density at radius 1 is 1.04 bits per heavy atom. The third kappa shape index (κ3) is 4.84. The van der Waals surface area contributed by atoms with Gasteiger partial charge in [0, 0.05) is 31.7 Å². The number of rotatable bonds is 10. The lowest BCUT2D eigenvalue weighted by atomic mass is 10.1. The van der Waals surface area contributed by atoms with Crippen molar-refractivity contribution in [2.75, 3.05) is 40.4 Å². The predicted molar refractivity (Wildman–Crippen MR) is 112 cm³/mol. The van der Waals surface area contributed by atoms with E-state index in [1.807, 2.05) is 0 Å². The molecule has 0 fully saturated rings. The lowest BCUT2D eigenvalue weighted by Crippen LogP contribution is -2.36. The van der Waals surface area contributed by atoms with Gasteiger partial charge in [0.25, 0.3) is 11.5 Å². The summed E-state index contributed by atoms with van der Waals surface area (Å²) in [6.45, 7) is 7.69. The third-order valence-corrected chi connectivity index (χ3v) is 4.73. The van der Waals surface area contributed by atoms with Gasteiger partial charge >= 0.3 is 0 Å². The highest BCUT2D eigenvalue weighted by atomic mass is 16.5. The van der Waals surface area contributed by atoms with Gasteiger partial charge in [-0.1, -0.05) is 13.8 Å². The Kier molecular flexibility index (Phi) is 7.87. The van der Waals surface area contributed by atoms with Gasteiger partial charge in [-0.15, -0.1) is 0 Å². The van der Waals surface area contributed by atoms with Crippen LogP contribution in [-0.2, 0) is 7.05 Å². The second kappa shape index (κ2) is 10.1. The van der Waals surface area contributed by atoms with Gasteiger partial charge in [-0.3, -0.25) is 9.59 Å². The SMILES string of the molecule is CCCN(CCC)CCNC(=O)c1cn(C)c(=O)c2cc(OC)c(OC)cc12. The molecular formula is C21H31N3O4. The van der Waals surface area contributed by atoms with E-state index in [1.54, 1.807) is 25.4 Å². The molecule has 1 heterocycles. The lowest BCUT2D eigenvalue weighted by Gasteiger charge is -2.21. The minimum absolute atomic E-state index is 0.190. The number of carbonyl (C=O) groups is 1. The number of fused-ring (bicyclic) bond motifs is 1. The van der Waals surface area contributed by atoms with Gasteiger partial charge in [-0.05, 0) is 38.1 Å². The number of hydrogen-bond acceptors (Lipinski definition) is 5. The molecule has 2 rings (SSSR count). The molecule has 0 spiro atoms. The van der Waals surface area contributed by atoms with Crippen molar-refractivity contribution in [3.8, 4) is 11.5 Å². The van der Waals surface area contributed by atoms with Gasteiger partial charge in [0.05, 0.1) is 25.2 Å². The van der Waals surface area contributed by atoms with E-state index in [1.165, 1.54) is 18.8 Å². The van der Waals surface area contributed by atoms with E-state index in [-0.39, 0.29) is 11.5 Å². The van der Waals surface area contributed by atoms with Crippen molar-refractivity contribution < 1.29 is 14.3 Å². The minimum Gasteiger partial charge on any atom is -0.493 e. The van der Waals surface area contributed by atoms with Crippen molar-refractivity contribution in [3.05, 3.63) is 34.2 Å². The average Bonchev–Trinajstić information content (AvgIpc) is 2.69. The average molecular weight is 389 g/mol. The van der Waals surface area contributed by atoms with E-state index in [4.69, 9.17) is 9.47 Å². The maximum atomic E-state index is 12.9. The van der Waals surface area contributed by atoms with Gasteiger partial charge in [0.1, 0.15) is 0 Å². The molecule has 0 aliphatic carbocycles. The molecule has 1 aromatic heterocycles. The third-order valence-electron chi connectivity index (χ3n) is 4.73. The first-order valence-electron chi connectivity index (χ1n) is 9.72. The summed E-state index contributed by atoms with van der Waals surface area (Å²) < 4.78 is 12.1. The van der Waals surface area contributed by atoms with Crippen LogP contribution in [0.4, 0.5) is 0 Å². The first kappa shape index (κ1) is 21.8. The summed E-state index contributed by atoms with van der Waals surface area (Å²) in [5, 5.41) is 3.96. The topological polar surface area (TPSA) is 72.8 Å². The quantitative estimate of drug-likeness (QED) is 0.676. The van der Waals surface area contributed by atoms with Crippen molar-refractivity contribution in [2.45, 2.75) is 26.7 Å². The molecule has 1 N–H and O–H groups in total. The summed E-state index contributed by atoms with van der Waals surface area (Å²) in [7, 11) is 4.68. The number of methoxy groups -OCH3 is 2. The van der Waals surface area contributed by atoms with E-state index < -0.39 is 0 Å². The predicted octanol–water partition coefficient (Wildman–Crippen LogP) is 2.41. The zero-order valence-corrected chi connectivity index (χ0v) is 17.5. The molecular weight excluding hydrogens is 358 g/mol. The standard InChI is InChI=1S/C21H31N3O4/c1-6-9-24(10-7-2)11-8-22-20(25)17-14-23(3)21(26)16-13-19(28-5)18(27-4)12-15(16)17/h12-14H,6-11H2,1-5H3,(H,22,25). The van der Waals surface area contributed by atoms with Crippen molar-refractivity contribution in [3.63, 3.8) is 0 Å². The molecule has 2 aromatic rings. The van der Waals surface area contributed by atoms with Gasteiger partial charge in [0.2, 0.25) is 0 Å².